The molecule has 2 aromatic carbocycles. The Labute approximate surface area is 223 Å². The molecule has 5 rings (SSSR count). The van der Waals surface area contributed by atoms with Crippen LogP contribution in [0.3, 0.4) is 0 Å². The molecule has 2 aliphatic heterocycles. The van der Waals surface area contributed by atoms with Gasteiger partial charge in [-0.3, -0.25) is 14.3 Å². The highest BCUT2D eigenvalue weighted by Crippen LogP contribution is 2.45. The van der Waals surface area contributed by atoms with E-state index in [1.165, 1.54) is 33.8 Å². The molecule has 0 saturated carbocycles. The van der Waals surface area contributed by atoms with Crippen LogP contribution in [0, 0.1) is 11.6 Å². The molecule has 39 heavy (non-hydrogen) atoms. The molecule has 1 saturated heterocycles. The normalized spacial score (nSPS) is 18.1. The van der Waals surface area contributed by atoms with E-state index in [9.17, 15) is 23.2 Å². The van der Waals surface area contributed by atoms with Gasteiger partial charge in [0.25, 0.3) is 5.91 Å². The number of fused-ring (bicyclic) bond motifs is 2. The lowest BCUT2D eigenvalue weighted by Crippen LogP contribution is -2.51. The Morgan fingerprint density at radius 1 is 1.08 bits per heavy atom. The van der Waals surface area contributed by atoms with Crippen LogP contribution in [0.1, 0.15) is 53.3 Å². The molecule has 2 aliphatic rings. The number of hydrogen-bond donors (Lipinski definition) is 0. The highest BCUT2D eigenvalue weighted by Gasteiger charge is 2.48. The molecular formula is C28H28F2N4O5. The van der Waals surface area contributed by atoms with E-state index >= 15 is 0 Å². The van der Waals surface area contributed by atoms with Crippen LogP contribution < -0.4 is 10.2 Å². The number of carbonyl (C=O) groups excluding carboxylic acids is 2. The summed E-state index contributed by atoms with van der Waals surface area (Å²) in [6.07, 6.45) is 1.84. The summed E-state index contributed by atoms with van der Waals surface area (Å²) in [7, 11) is 1.55. The minimum absolute atomic E-state index is 0.0558. The van der Waals surface area contributed by atoms with Gasteiger partial charge in [-0.15, -0.1) is 0 Å². The first-order valence-corrected chi connectivity index (χ1v) is 12.7. The van der Waals surface area contributed by atoms with Crippen molar-refractivity contribution in [1.82, 2.24) is 19.6 Å². The van der Waals surface area contributed by atoms with E-state index in [1.807, 2.05) is 0 Å². The molecule has 9 nitrogen and oxygen atoms in total. The minimum atomic E-state index is -0.642. The lowest BCUT2D eigenvalue weighted by molar-refractivity contribution is 0.0351. The Morgan fingerprint density at radius 3 is 2.28 bits per heavy atom. The van der Waals surface area contributed by atoms with Crippen LogP contribution in [0.5, 0.6) is 5.75 Å². The van der Waals surface area contributed by atoms with Crippen LogP contribution in [0.4, 0.5) is 13.6 Å². The maximum Gasteiger partial charge on any atom is 0.412 e. The van der Waals surface area contributed by atoms with Gasteiger partial charge in [0.15, 0.2) is 5.69 Å². The second kappa shape index (κ2) is 10.8. The van der Waals surface area contributed by atoms with E-state index in [0.717, 1.165) is 23.7 Å². The number of carbonyl (C=O) groups is 2. The molecular weight excluding hydrogens is 510 g/mol. The van der Waals surface area contributed by atoms with Crippen molar-refractivity contribution in [1.29, 1.82) is 0 Å². The standard InChI is InChI=1S/C28H28F2N4O5/c1-3-32(2)28(37)39-16-38-26-22(35)15-31-34-24(21-5-4-14-33(21)27(36)25(26)34)23(17-6-10-19(29)11-7-17)18-8-12-20(30)13-9-18/h6-13,15,21,23-24H,3-5,14,16H2,1-2H3/t21-,24-/m1/s1. The van der Waals surface area contributed by atoms with E-state index in [-0.39, 0.29) is 17.5 Å². The third kappa shape index (κ3) is 4.96. The highest BCUT2D eigenvalue weighted by molar-refractivity contribution is 5.96. The summed E-state index contributed by atoms with van der Waals surface area (Å²) in [5, 5.41) is 4.38. The SMILES string of the molecule is CCN(C)C(=O)OCOc1c2n(ncc1=O)[C@@H](C(c1ccc(F)cc1)c1ccc(F)cc1)[C@H]1CCCN1C2=O. The van der Waals surface area contributed by atoms with Crippen molar-refractivity contribution in [3.05, 3.63) is 93.4 Å². The van der Waals surface area contributed by atoms with Crippen LogP contribution in [-0.2, 0) is 4.74 Å². The van der Waals surface area contributed by atoms with Gasteiger partial charge in [0.05, 0.1) is 18.3 Å². The predicted octanol–water partition coefficient (Wildman–Crippen LogP) is 3.94. The van der Waals surface area contributed by atoms with E-state index < -0.39 is 47.8 Å². The van der Waals surface area contributed by atoms with Crippen molar-refractivity contribution in [2.75, 3.05) is 26.9 Å². The number of nitrogens with zero attached hydrogens (tertiary/aromatic N) is 4. The summed E-state index contributed by atoms with van der Waals surface area (Å²) >= 11 is 0. The molecule has 3 heterocycles. The monoisotopic (exact) mass is 538 g/mol. The highest BCUT2D eigenvalue weighted by atomic mass is 19.1. The van der Waals surface area contributed by atoms with Crippen LogP contribution in [-0.4, -0.2) is 64.6 Å². The molecule has 11 heteroatoms. The Balaban J connectivity index is 1.62. The van der Waals surface area contributed by atoms with Gasteiger partial charge in [0.1, 0.15) is 11.6 Å². The van der Waals surface area contributed by atoms with Crippen molar-refractivity contribution < 1.29 is 27.8 Å². The molecule has 1 aromatic heterocycles. The van der Waals surface area contributed by atoms with Gasteiger partial charge in [0, 0.05) is 26.1 Å². The first kappa shape index (κ1) is 26.3. The van der Waals surface area contributed by atoms with E-state index in [1.54, 1.807) is 43.1 Å². The minimum Gasteiger partial charge on any atom is -0.451 e. The van der Waals surface area contributed by atoms with Gasteiger partial charge in [-0.05, 0) is 55.2 Å². The number of halogens is 2. The lowest BCUT2D eigenvalue weighted by atomic mass is 9.80. The van der Waals surface area contributed by atoms with Gasteiger partial charge < -0.3 is 19.3 Å². The Bertz CT molecular complexity index is 1380. The van der Waals surface area contributed by atoms with E-state index in [2.05, 4.69) is 5.10 Å². The molecule has 204 valence electrons. The van der Waals surface area contributed by atoms with Gasteiger partial charge in [-0.1, -0.05) is 24.3 Å². The molecule has 0 spiro atoms. The second-order valence-corrected chi connectivity index (χ2v) is 9.60. The largest absolute Gasteiger partial charge is 0.451 e. The molecule has 0 radical (unpaired) electrons. The Kier molecular flexibility index (Phi) is 7.32. The summed E-state index contributed by atoms with van der Waals surface area (Å²) in [4.78, 5) is 41.6. The zero-order valence-corrected chi connectivity index (χ0v) is 21.5. The summed E-state index contributed by atoms with van der Waals surface area (Å²) in [5.41, 5.74) is 0.782. The van der Waals surface area contributed by atoms with Crippen molar-refractivity contribution in [3.63, 3.8) is 0 Å². The number of benzene rings is 2. The summed E-state index contributed by atoms with van der Waals surface area (Å²) in [5.74, 6) is -1.96. The van der Waals surface area contributed by atoms with Crippen molar-refractivity contribution in [2.24, 2.45) is 0 Å². The topological polar surface area (TPSA) is 94.0 Å². The van der Waals surface area contributed by atoms with Gasteiger partial charge >= 0.3 is 6.09 Å². The number of ether oxygens (including phenoxy) is 2. The molecule has 0 aliphatic carbocycles. The van der Waals surface area contributed by atoms with Crippen molar-refractivity contribution >= 4 is 12.0 Å². The summed E-state index contributed by atoms with van der Waals surface area (Å²) in [6, 6.07) is 11.2. The quantitative estimate of drug-likeness (QED) is 0.423. The molecule has 2 atom stereocenters. The summed E-state index contributed by atoms with van der Waals surface area (Å²) < 4.78 is 40.0. The first-order valence-electron chi connectivity index (χ1n) is 12.7. The predicted molar refractivity (Wildman–Crippen MR) is 137 cm³/mol. The van der Waals surface area contributed by atoms with E-state index in [4.69, 9.17) is 9.47 Å². The number of amides is 2. The fourth-order valence-electron chi connectivity index (χ4n) is 5.38. The molecule has 1 fully saturated rings. The number of hydrogen-bond acceptors (Lipinski definition) is 6. The third-order valence-electron chi connectivity index (χ3n) is 7.38. The fourth-order valence-corrected chi connectivity index (χ4v) is 5.38. The molecule has 0 bridgehead atoms. The number of aromatic nitrogens is 2. The third-order valence-corrected chi connectivity index (χ3v) is 7.38. The molecule has 0 N–H and O–H groups in total. The van der Waals surface area contributed by atoms with Crippen LogP contribution in [0.15, 0.2) is 59.5 Å². The lowest BCUT2D eigenvalue weighted by Gasteiger charge is -2.42. The van der Waals surface area contributed by atoms with E-state index in [0.29, 0.717) is 19.5 Å². The molecule has 2 amide bonds. The first-order chi connectivity index (χ1) is 18.8. The average molecular weight is 539 g/mol. The zero-order valence-electron chi connectivity index (χ0n) is 21.5. The maximum atomic E-state index is 13.9. The van der Waals surface area contributed by atoms with Crippen LogP contribution in [0.25, 0.3) is 0 Å². The van der Waals surface area contributed by atoms with Gasteiger partial charge in [0.2, 0.25) is 18.0 Å². The average Bonchev–Trinajstić information content (AvgIpc) is 3.43. The van der Waals surface area contributed by atoms with Crippen LogP contribution in [0.2, 0.25) is 0 Å². The van der Waals surface area contributed by atoms with Crippen molar-refractivity contribution in [2.45, 2.75) is 37.8 Å². The summed E-state index contributed by atoms with van der Waals surface area (Å²) in [6.45, 7) is 2.09. The second-order valence-electron chi connectivity index (χ2n) is 9.60. The van der Waals surface area contributed by atoms with Gasteiger partial charge in [-0.2, -0.15) is 5.10 Å². The maximum absolute atomic E-state index is 13.9. The smallest absolute Gasteiger partial charge is 0.412 e. The van der Waals surface area contributed by atoms with Crippen molar-refractivity contribution in [3.8, 4) is 5.75 Å². The zero-order chi connectivity index (χ0) is 27.7. The Morgan fingerprint density at radius 2 is 1.69 bits per heavy atom. The van der Waals surface area contributed by atoms with Gasteiger partial charge in [-0.25, -0.2) is 13.6 Å². The molecule has 0 unspecified atom stereocenters. The Hall–Kier alpha value is -4.28. The fraction of sp³-hybridized carbons (Fsp3) is 0.357. The molecule has 3 aromatic rings. The number of rotatable bonds is 7. The van der Waals surface area contributed by atoms with Crippen LogP contribution >= 0.6 is 0 Å².